The molecule has 1 saturated heterocycles. The van der Waals surface area contributed by atoms with Crippen LogP contribution in [0.3, 0.4) is 0 Å². The number of benzene rings is 1. The van der Waals surface area contributed by atoms with Gasteiger partial charge in [0.05, 0.1) is 31.3 Å². The first-order valence-electron chi connectivity index (χ1n) is 8.24. The Hall–Kier alpha value is -1.57. The summed E-state index contributed by atoms with van der Waals surface area (Å²) in [6.07, 6.45) is 2.76. The molecule has 1 aromatic carbocycles. The molecule has 0 atom stereocenters. The van der Waals surface area contributed by atoms with E-state index in [-0.39, 0.29) is 5.91 Å². The molecule has 0 aromatic heterocycles. The van der Waals surface area contributed by atoms with Gasteiger partial charge in [-0.15, -0.1) is 0 Å². The fourth-order valence-corrected chi connectivity index (χ4v) is 3.55. The monoisotopic (exact) mass is 381 g/mol. The first-order chi connectivity index (χ1) is 12.1. The van der Waals surface area contributed by atoms with E-state index in [1.807, 2.05) is 31.2 Å². The fraction of sp³-hybridized carbons (Fsp3) is 0.444. The van der Waals surface area contributed by atoms with Crippen molar-refractivity contribution in [3.8, 4) is 11.5 Å². The molecular weight excluding hydrogens is 358 g/mol. The van der Waals surface area contributed by atoms with Crippen LogP contribution in [0.4, 0.5) is 0 Å². The molecule has 0 bridgehead atoms. The van der Waals surface area contributed by atoms with Crippen LogP contribution in [0.15, 0.2) is 23.1 Å². The highest BCUT2D eigenvalue weighted by molar-refractivity contribution is 8.26. The second kappa shape index (κ2) is 9.79. The highest BCUT2D eigenvalue weighted by atomic mass is 32.2. The number of carbonyl (C=O) groups is 1. The third-order valence-corrected chi connectivity index (χ3v) is 4.80. The van der Waals surface area contributed by atoms with E-state index in [4.69, 9.17) is 26.4 Å². The van der Waals surface area contributed by atoms with Gasteiger partial charge in [-0.05, 0) is 37.1 Å². The van der Waals surface area contributed by atoms with Gasteiger partial charge in [-0.1, -0.05) is 37.0 Å². The minimum Gasteiger partial charge on any atom is -0.490 e. The average Bonchev–Trinajstić information content (AvgIpc) is 2.86. The van der Waals surface area contributed by atoms with Gasteiger partial charge in [0.2, 0.25) is 0 Å². The summed E-state index contributed by atoms with van der Waals surface area (Å²) in [5, 5.41) is 0. The minimum atomic E-state index is -0.0867. The van der Waals surface area contributed by atoms with Crippen molar-refractivity contribution >= 4 is 40.3 Å². The molecule has 1 aromatic rings. The summed E-state index contributed by atoms with van der Waals surface area (Å²) < 4.78 is 17.0. The van der Waals surface area contributed by atoms with Crippen LogP contribution in [-0.2, 0) is 9.53 Å². The van der Waals surface area contributed by atoms with Crippen molar-refractivity contribution in [1.29, 1.82) is 0 Å². The summed E-state index contributed by atoms with van der Waals surface area (Å²) >= 11 is 6.59. The highest BCUT2D eigenvalue weighted by Gasteiger charge is 2.31. The van der Waals surface area contributed by atoms with Crippen LogP contribution in [0, 0.1) is 0 Å². The molecule has 0 spiro atoms. The molecule has 1 aliphatic heterocycles. The first-order valence-corrected chi connectivity index (χ1v) is 9.47. The Balaban J connectivity index is 2.21. The first kappa shape index (κ1) is 19.8. The molecular formula is C18H23NO4S2. The van der Waals surface area contributed by atoms with Crippen LogP contribution < -0.4 is 9.47 Å². The molecule has 0 N–H and O–H groups in total. The molecule has 1 aliphatic rings. The third-order valence-electron chi connectivity index (χ3n) is 3.42. The lowest BCUT2D eigenvalue weighted by Crippen LogP contribution is -2.31. The van der Waals surface area contributed by atoms with Gasteiger partial charge in [-0.2, -0.15) is 0 Å². The number of thiocarbonyl (C=S) groups is 1. The maximum absolute atomic E-state index is 12.5. The zero-order chi connectivity index (χ0) is 18.2. The van der Waals surface area contributed by atoms with Gasteiger partial charge in [0.25, 0.3) is 5.91 Å². The number of carbonyl (C=O) groups excluding carboxylic acids is 1. The van der Waals surface area contributed by atoms with Gasteiger partial charge in [0.15, 0.2) is 11.5 Å². The van der Waals surface area contributed by atoms with Crippen molar-refractivity contribution in [3.05, 3.63) is 28.7 Å². The molecule has 1 fully saturated rings. The third kappa shape index (κ3) is 5.20. The molecule has 25 heavy (non-hydrogen) atoms. The van der Waals surface area contributed by atoms with Crippen molar-refractivity contribution in [2.75, 3.05) is 33.5 Å². The smallest absolute Gasteiger partial charge is 0.266 e. The number of rotatable bonds is 9. The lowest BCUT2D eigenvalue weighted by molar-refractivity contribution is -0.122. The van der Waals surface area contributed by atoms with Gasteiger partial charge in [-0.3, -0.25) is 9.69 Å². The van der Waals surface area contributed by atoms with Crippen molar-refractivity contribution in [2.24, 2.45) is 0 Å². The van der Waals surface area contributed by atoms with E-state index in [0.717, 1.165) is 12.0 Å². The molecule has 0 aliphatic carbocycles. The molecule has 2 rings (SSSR count). The van der Waals surface area contributed by atoms with Crippen LogP contribution in [0.2, 0.25) is 0 Å². The number of thioether (sulfide) groups is 1. The summed E-state index contributed by atoms with van der Waals surface area (Å²) in [7, 11) is 1.60. The van der Waals surface area contributed by atoms with E-state index in [1.165, 1.54) is 11.8 Å². The highest BCUT2D eigenvalue weighted by Crippen LogP contribution is 2.34. The summed E-state index contributed by atoms with van der Waals surface area (Å²) in [6, 6.07) is 5.67. The van der Waals surface area contributed by atoms with E-state index < -0.39 is 0 Å². The Morgan fingerprint density at radius 3 is 2.68 bits per heavy atom. The maximum Gasteiger partial charge on any atom is 0.266 e. The Bertz CT molecular complexity index is 660. The largest absolute Gasteiger partial charge is 0.490 e. The van der Waals surface area contributed by atoms with E-state index in [9.17, 15) is 4.79 Å². The van der Waals surface area contributed by atoms with Gasteiger partial charge in [-0.25, -0.2) is 0 Å². The molecule has 1 heterocycles. The number of ether oxygens (including phenoxy) is 3. The van der Waals surface area contributed by atoms with Crippen LogP contribution in [0.1, 0.15) is 25.8 Å². The van der Waals surface area contributed by atoms with E-state index in [1.54, 1.807) is 12.0 Å². The predicted molar refractivity (Wildman–Crippen MR) is 105 cm³/mol. The lowest BCUT2D eigenvalue weighted by Gasteiger charge is -2.13. The molecule has 0 saturated carbocycles. The van der Waals surface area contributed by atoms with Gasteiger partial charge in [0.1, 0.15) is 4.32 Å². The minimum absolute atomic E-state index is 0.0867. The summed E-state index contributed by atoms with van der Waals surface area (Å²) in [5.41, 5.74) is 0.875. The van der Waals surface area contributed by atoms with Crippen molar-refractivity contribution in [1.82, 2.24) is 4.90 Å². The standard InChI is InChI=1S/C18H23NO4S2/c1-4-9-23-14-7-6-13(11-15(14)22-5-2)12-16-17(20)19(8-10-21-3)18(24)25-16/h6-7,11-12H,4-5,8-10H2,1-3H3. The Labute approximate surface area is 158 Å². The van der Waals surface area contributed by atoms with Crippen molar-refractivity contribution < 1.29 is 19.0 Å². The normalized spacial score (nSPS) is 16.0. The number of hydrogen-bond donors (Lipinski definition) is 0. The SMILES string of the molecule is CCCOc1ccc(C=C2SC(=S)N(CCOC)C2=O)cc1OCC. The number of nitrogens with zero attached hydrogens (tertiary/aromatic N) is 1. The van der Waals surface area contributed by atoms with E-state index in [0.29, 0.717) is 47.1 Å². The number of methoxy groups -OCH3 is 1. The predicted octanol–water partition coefficient (Wildman–Crippen LogP) is 3.72. The average molecular weight is 382 g/mol. The van der Waals surface area contributed by atoms with Crippen molar-refractivity contribution in [3.63, 3.8) is 0 Å². The molecule has 0 radical (unpaired) electrons. The molecule has 0 unspecified atom stereocenters. The lowest BCUT2D eigenvalue weighted by atomic mass is 10.2. The molecule has 7 heteroatoms. The van der Waals surface area contributed by atoms with Crippen LogP contribution >= 0.6 is 24.0 Å². The summed E-state index contributed by atoms with van der Waals surface area (Å²) in [5.74, 6) is 1.31. The molecule has 5 nitrogen and oxygen atoms in total. The Morgan fingerprint density at radius 2 is 2.00 bits per heavy atom. The quantitative estimate of drug-likeness (QED) is 0.480. The van der Waals surface area contributed by atoms with Gasteiger partial charge < -0.3 is 14.2 Å². The zero-order valence-electron chi connectivity index (χ0n) is 14.7. The van der Waals surface area contributed by atoms with Gasteiger partial charge >= 0.3 is 0 Å². The number of amides is 1. The summed E-state index contributed by atoms with van der Waals surface area (Å²) in [4.78, 5) is 14.7. The topological polar surface area (TPSA) is 48.0 Å². The number of hydrogen-bond acceptors (Lipinski definition) is 6. The van der Waals surface area contributed by atoms with Crippen LogP contribution in [0.5, 0.6) is 11.5 Å². The second-order valence-electron chi connectivity index (χ2n) is 5.31. The fourth-order valence-electron chi connectivity index (χ4n) is 2.24. The van der Waals surface area contributed by atoms with Gasteiger partial charge in [0, 0.05) is 7.11 Å². The maximum atomic E-state index is 12.5. The van der Waals surface area contributed by atoms with E-state index >= 15 is 0 Å². The van der Waals surface area contributed by atoms with Crippen molar-refractivity contribution in [2.45, 2.75) is 20.3 Å². The van der Waals surface area contributed by atoms with Crippen LogP contribution in [-0.4, -0.2) is 48.6 Å². The Kier molecular flexibility index (Phi) is 7.74. The molecule has 1 amide bonds. The van der Waals surface area contributed by atoms with Crippen LogP contribution in [0.25, 0.3) is 6.08 Å². The zero-order valence-corrected chi connectivity index (χ0v) is 16.4. The second-order valence-corrected chi connectivity index (χ2v) is 6.99. The molecule has 136 valence electrons. The Morgan fingerprint density at radius 1 is 1.20 bits per heavy atom. The van der Waals surface area contributed by atoms with E-state index in [2.05, 4.69) is 6.92 Å². The summed E-state index contributed by atoms with van der Waals surface area (Å²) in [6.45, 7) is 6.09.